The van der Waals surface area contributed by atoms with Gasteiger partial charge < -0.3 is 9.64 Å². The number of rotatable bonds is 2. The number of nitrogens with zero attached hydrogens (tertiary/aromatic N) is 3. The first-order chi connectivity index (χ1) is 8.63. The standard InChI is InChI=1S/C11H9N3O4/c12-6-8-1-2-9(10(5-8)14(16)17)13-3-4-18-7-11(13)15/h1-2,5H,3-4,7H2. The minimum Gasteiger partial charge on any atom is -0.370 e. The fourth-order valence-corrected chi connectivity index (χ4v) is 1.74. The zero-order valence-corrected chi connectivity index (χ0v) is 9.33. The number of carbonyl (C=O) groups excluding carboxylic acids is 1. The van der Waals surface area contributed by atoms with Gasteiger partial charge in [-0.3, -0.25) is 14.9 Å². The highest BCUT2D eigenvalue weighted by Crippen LogP contribution is 2.29. The Hall–Kier alpha value is -2.46. The van der Waals surface area contributed by atoms with E-state index in [9.17, 15) is 14.9 Å². The number of ether oxygens (including phenoxy) is 1. The van der Waals surface area contributed by atoms with Crippen LogP contribution in [0.5, 0.6) is 0 Å². The Kier molecular flexibility index (Phi) is 3.21. The van der Waals surface area contributed by atoms with Crippen LogP contribution in [0.15, 0.2) is 18.2 Å². The highest BCUT2D eigenvalue weighted by atomic mass is 16.6. The second kappa shape index (κ2) is 4.81. The second-order valence-electron chi connectivity index (χ2n) is 3.67. The molecule has 18 heavy (non-hydrogen) atoms. The largest absolute Gasteiger partial charge is 0.370 e. The molecule has 1 heterocycles. The number of morpholine rings is 1. The highest BCUT2D eigenvalue weighted by molar-refractivity contribution is 5.97. The van der Waals surface area contributed by atoms with Gasteiger partial charge in [-0.1, -0.05) is 0 Å². The summed E-state index contributed by atoms with van der Waals surface area (Å²) in [5.41, 5.74) is 0.141. The van der Waals surface area contributed by atoms with E-state index in [1.54, 1.807) is 0 Å². The molecule has 1 aromatic carbocycles. The Morgan fingerprint density at radius 3 is 2.89 bits per heavy atom. The van der Waals surface area contributed by atoms with Gasteiger partial charge in [-0.05, 0) is 12.1 Å². The Bertz CT molecular complexity index is 550. The van der Waals surface area contributed by atoms with Crippen LogP contribution in [0.3, 0.4) is 0 Å². The van der Waals surface area contributed by atoms with Gasteiger partial charge in [-0.2, -0.15) is 5.26 Å². The zero-order valence-electron chi connectivity index (χ0n) is 9.33. The van der Waals surface area contributed by atoms with Crippen LogP contribution in [0.1, 0.15) is 5.56 Å². The van der Waals surface area contributed by atoms with Crippen LogP contribution < -0.4 is 4.90 Å². The monoisotopic (exact) mass is 247 g/mol. The molecule has 1 aromatic rings. The number of nitriles is 1. The second-order valence-corrected chi connectivity index (χ2v) is 3.67. The summed E-state index contributed by atoms with van der Waals surface area (Å²) >= 11 is 0. The predicted molar refractivity (Wildman–Crippen MR) is 61.0 cm³/mol. The third-order valence-corrected chi connectivity index (χ3v) is 2.58. The maximum absolute atomic E-state index is 11.6. The van der Waals surface area contributed by atoms with E-state index in [1.165, 1.54) is 17.0 Å². The lowest BCUT2D eigenvalue weighted by Gasteiger charge is -2.26. The number of benzene rings is 1. The Morgan fingerprint density at radius 2 is 2.28 bits per heavy atom. The number of nitro benzene ring substituents is 1. The van der Waals surface area contributed by atoms with Crippen LogP contribution in [0.4, 0.5) is 11.4 Å². The van der Waals surface area contributed by atoms with E-state index >= 15 is 0 Å². The average molecular weight is 247 g/mol. The molecule has 0 spiro atoms. The van der Waals surface area contributed by atoms with Gasteiger partial charge >= 0.3 is 0 Å². The lowest BCUT2D eigenvalue weighted by atomic mass is 10.1. The van der Waals surface area contributed by atoms with E-state index in [2.05, 4.69) is 0 Å². The molecular weight excluding hydrogens is 238 g/mol. The molecule has 0 bridgehead atoms. The smallest absolute Gasteiger partial charge is 0.294 e. The van der Waals surface area contributed by atoms with Crippen LogP contribution in [0.25, 0.3) is 0 Å². The summed E-state index contributed by atoms with van der Waals surface area (Å²) in [6, 6.07) is 5.86. The number of amides is 1. The maximum Gasteiger partial charge on any atom is 0.294 e. The van der Waals surface area contributed by atoms with Gasteiger partial charge in [0.15, 0.2) is 0 Å². The number of hydrogen-bond donors (Lipinski definition) is 0. The molecule has 1 fully saturated rings. The van der Waals surface area contributed by atoms with Gasteiger partial charge in [-0.15, -0.1) is 0 Å². The lowest BCUT2D eigenvalue weighted by Crippen LogP contribution is -2.41. The Morgan fingerprint density at radius 1 is 1.50 bits per heavy atom. The fourth-order valence-electron chi connectivity index (χ4n) is 1.74. The van der Waals surface area contributed by atoms with Gasteiger partial charge in [-0.25, -0.2) is 0 Å². The maximum atomic E-state index is 11.6. The molecule has 0 aromatic heterocycles. The normalized spacial score (nSPS) is 15.3. The van der Waals surface area contributed by atoms with Crippen molar-refractivity contribution < 1.29 is 14.5 Å². The molecule has 7 heteroatoms. The number of anilines is 1. The summed E-state index contributed by atoms with van der Waals surface area (Å²) in [5, 5.41) is 19.7. The lowest BCUT2D eigenvalue weighted by molar-refractivity contribution is -0.384. The van der Waals surface area contributed by atoms with Crippen LogP contribution in [-0.4, -0.2) is 30.6 Å². The van der Waals surface area contributed by atoms with E-state index < -0.39 is 4.92 Å². The molecule has 1 aliphatic rings. The molecule has 0 atom stereocenters. The molecule has 0 unspecified atom stereocenters. The van der Waals surface area contributed by atoms with Crippen LogP contribution in [-0.2, 0) is 9.53 Å². The molecule has 7 nitrogen and oxygen atoms in total. The van der Waals surface area contributed by atoms with E-state index in [-0.39, 0.29) is 36.0 Å². The van der Waals surface area contributed by atoms with Crippen molar-refractivity contribution in [3.05, 3.63) is 33.9 Å². The average Bonchev–Trinajstić information content (AvgIpc) is 2.38. The first-order valence-electron chi connectivity index (χ1n) is 5.20. The molecule has 0 N–H and O–H groups in total. The molecule has 2 rings (SSSR count). The van der Waals surface area contributed by atoms with E-state index in [0.717, 1.165) is 6.07 Å². The Balaban J connectivity index is 2.46. The minimum absolute atomic E-state index is 0.0862. The minimum atomic E-state index is -0.598. The van der Waals surface area contributed by atoms with Crippen LogP contribution >= 0.6 is 0 Å². The summed E-state index contributed by atoms with van der Waals surface area (Å²) in [6.45, 7) is 0.519. The van der Waals surface area contributed by atoms with Crippen molar-refractivity contribution in [1.29, 1.82) is 5.26 Å². The SMILES string of the molecule is N#Cc1ccc(N2CCOCC2=O)c([N+](=O)[O-])c1. The van der Waals surface area contributed by atoms with Crippen molar-refractivity contribution in [3.63, 3.8) is 0 Å². The zero-order chi connectivity index (χ0) is 13.1. The summed E-state index contributed by atoms with van der Waals surface area (Å²) in [6.07, 6.45) is 0. The molecule has 0 saturated carbocycles. The fraction of sp³-hybridized carbons (Fsp3) is 0.273. The third kappa shape index (κ3) is 2.14. The molecular formula is C11H9N3O4. The highest BCUT2D eigenvalue weighted by Gasteiger charge is 2.27. The van der Waals surface area contributed by atoms with Crippen molar-refractivity contribution in [2.24, 2.45) is 0 Å². The van der Waals surface area contributed by atoms with Gasteiger partial charge in [0.2, 0.25) is 0 Å². The Labute approximate surface area is 102 Å². The molecule has 92 valence electrons. The van der Waals surface area contributed by atoms with E-state index in [0.29, 0.717) is 6.61 Å². The number of nitro groups is 1. The summed E-state index contributed by atoms with van der Waals surface area (Å²) < 4.78 is 4.97. The number of hydrogen-bond acceptors (Lipinski definition) is 5. The van der Waals surface area contributed by atoms with Crippen LogP contribution in [0.2, 0.25) is 0 Å². The van der Waals surface area contributed by atoms with E-state index in [1.807, 2.05) is 6.07 Å². The van der Waals surface area contributed by atoms with Crippen LogP contribution in [0, 0.1) is 21.4 Å². The van der Waals surface area contributed by atoms with Crippen molar-refractivity contribution in [2.75, 3.05) is 24.7 Å². The first kappa shape index (κ1) is 12.0. The molecule has 1 saturated heterocycles. The van der Waals surface area contributed by atoms with Gasteiger partial charge in [0.05, 0.1) is 23.2 Å². The molecule has 1 amide bonds. The third-order valence-electron chi connectivity index (χ3n) is 2.58. The predicted octanol–water partition coefficient (Wildman–Crippen LogP) is 0.830. The topological polar surface area (TPSA) is 96.5 Å². The summed E-state index contributed by atoms with van der Waals surface area (Å²) in [7, 11) is 0. The summed E-state index contributed by atoms with van der Waals surface area (Å²) in [4.78, 5) is 23.3. The van der Waals surface area contributed by atoms with Crippen molar-refractivity contribution in [1.82, 2.24) is 0 Å². The molecule has 0 aliphatic carbocycles. The van der Waals surface area contributed by atoms with Gasteiger partial charge in [0.25, 0.3) is 11.6 Å². The first-order valence-corrected chi connectivity index (χ1v) is 5.20. The molecule has 1 aliphatic heterocycles. The van der Waals surface area contributed by atoms with E-state index in [4.69, 9.17) is 10.00 Å². The van der Waals surface area contributed by atoms with Crippen molar-refractivity contribution >= 4 is 17.3 Å². The van der Waals surface area contributed by atoms with Crippen molar-refractivity contribution in [3.8, 4) is 6.07 Å². The quantitative estimate of drug-likeness (QED) is 0.569. The van der Waals surface area contributed by atoms with Gasteiger partial charge in [0.1, 0.15) is 12.3 Å². The van der Waals surface area contributed by atoms with Gasteiger partial charge in [0, 0.05) is 12.6 Å². The number of carbonyl (C=O) groups is 1. The van der Waals surface area contributed by atoms with Crippen molar-refractivity contribution in [2.45, 2.75) is 0 Å². The molecule has 0 radical (unpaired) electrons. The summed E-state index contributed by atoms with van der Waals surface area (Å²) in [5.74, 6) is -0.325.